The third kappa shape index (κ3) is 3.45. The maximum Gasteiger partial charge on any atom is 0.245 e. The summed E-state index contributed by atoms with van der Waals surface area (Å²) in [6, 6.07) is 5.38. The number of amides is 1. The van der Waals surface area contributed by atoms with Crippen molar-refractivity contribution < 1.29 is 22.3 Å². The lowest BCUT2D eigenvalue weighted by atomic mass is 9.96. The average molecular weight is 356 g/mol. The Kier molecular flexibility index (Phi) is 5.17. The topological polar surface area (TPSA) is 66.9 Å². The fourth-order valence-electron chi connectivity index (χ4n) is 3.18. The van der Waals surface area contributed by atoms with E-state index in [4.69, 9.17) is 4.74 Å². The van der Waals surface area contributed by atoms with Crippen LogP contribution >= 0.6 is 0 Å². The van der Waals surface area contributed by atoms with Crippen molar-refractivity contribution in [2.75, 3.05) is 39.4 Å². The zero-order valence-electron chi connectivity index (χ0n) is 13.4. The van der Waals surface area contributed by atoms with Crippen LogP contribution in [0.5, 0.6) is 0 Å². The van der Waals surface area contributed by atoms with Crippen molar-refractivity contribution in [3.05, 3.63) is 30.1 Å². The molecule has 0 atom stereocenters. The number of carbonyl (C=O) groups is 1. The van der Waals surface area contributed by atoms with E-state index in [-0.39, 0.29) is 29.8 Å². The highest BCUT2D eigenvalue weighted by Gasteiger charge is 2.35. The number of morpholine rings is 1. The minimum Gasteiger partial charge on any atom is -0.378 e. The van der Waals surface area contributed by atoms with Crippen LogP contribution in [0.1, 0.15) is 12.8 Å². The predicted octanol–water partition coefficient (Wildman–Crippen LogP) is 1.09. The van der Waals surface area contributed by atoms with E-state index < -0.39 is 15.8 Å². The van der Waals surface area contributed by atoms with E-state index in [2.05, 4.69) is 0 Å². The van der Waals surface area contributed by atoms with E-state index in [0.29, 0.717) is 39.1 Å². The van der Waals surface area contributed by atoms with Crippen molar-refractivity contribution in [2.45, 2.75) is 17.7 Å². The standard InChI is InChI=1S/C16H21FN2O4S/c17-14-3-1-2-4-15(14)24(21,22)19-7-5-13(6-8-19)16(20)18-9-11-23-12-10-18/h1-4,13H,5-12H2. The molecule has 8 heteroatoms. The molecule has 24 heavy (non-hydrogen) atoms. The average Bonchev–Trinajstić information content (AvgIpc) is 2.62. The Labute approximate surface area is 141 Å². The molecule has 2 aliphatic rings. The first-order chi connectivity index (χ1) is 11.5. The summed E-state index contributed by atoms with van der Waals surface area (Å²) in [6.07, 6.45) is 0.924. The molecule has 2 heterocycles. The van der Waals surface area contributed by atoms with Gasteiger partial charge in [-0.25, -0.2) is 12.8 Å². The second-order valence-corrected chi connectivity index (χ2v) is 7.95. The molecule has 0 aromatic heterocycles. The van der Waals surface area contributed by atoms with Crippen molar-refractivity contribution >= 4 is 15.9 Å². The molecule has 6 nitrogen and oxygen atoms in total. The van der Waals surface area contributed by atoms with E-state index >= 15 is 0 Å². The molecule has 0 bridgehead atoms. The number of halogens is 1. The lowest BCUT2D eigenvalue weighted by Crippen LogP contribution is -2.47. The Morgan fingerprint density at radius 3 is 2.33 bits per heavy atom. The van der Waals surface area contributed by atoms with Gasteiger partial charge in [-0.1, -0.05) is 12.1 Å². The molecule has 132 valence electrons. The number of nitrogens with zero attached hydrogens (tertiary/aromatic N) is 2. The smallest absolute Gasteiger partial charge is 0.245 e. The molecule has 0 radical (unpaired) electrons. The van der Waals surface area contributed by atoms with Gasteiger partial charge in [0.25, 0.3) is 0 Å². The molecular formula is C16H21FN2O4S. The van der Waals surface area contributed by atoms with Crippen molar-refractivity contribution in [3.63, 3.8) is 0 Å². The fraction of sp³-hybridized carbons (Fsp3) is 0.562. The summed E-state index contributed by atoms with van der Waals surface area (Å²) in [6.45, 7) is 2.74. The van der Waals surface area contributed by atoms with Gasteiger partial charge in [-0.2, -0.15) is 4.31 Å². The van der Waals surface area contributed by atoms with Gasteiger partial charge in [0.2, 0.25) is 15.9 Å². The molecule has 1 amide bonds. The van der Waals surface area contributed by atoms with Crippen molar-refractivity contribution in [3.8, 4) is 0 Å². The summed E-state index contributed by atoms with van der Waals surface area (Å²) in [7, 11) is -3.85. The van der Waals surface area contributed by atoms with Gasteiger partial charge < -0.3 is 9.64 Å². The predicted molar refractivity (Wildman–Crippen MR) is 85.3 cm³/mol. The van der Waals surface area contributed by atoms with Gasteiger partial charge in [0.15, 0.2) is 0 Å². The monoisotopic (exact) mass is 356 g/mol. The lowest BCUT2D eigenvalue weighted by molar-refractivity contribution is -0.140. The third-order valence-electron chi connectivity index (χ3n) is 4.58. The van der Waals surface area contributed by atoms with E-state index in [9.17, 15) is 17.6 Å². The molecule has 1 aromatic rings. The molecule has 1 aromatic carbocycles. The van der Waals surface area contributed by atoms with E-state index in [1.807, 2.05) is 0 Å². The lowest BCUT2D eigenvalue weighted by Gasteiger charge is -2.35. The van der Waals surface area contributed by atoms with Gasteiger partial charge in [-0.05, 0) is 25.0 Å². The second kappa shape index (κ2) is 7.16. The summed E-state index contributed by atoms with van der Waals surface area (Å²) in [5.74, 6) is -0.847. The number of hydrogen-bond donors (Lipinski definition) is 0. The molecule has 2 saturated heterocycles. The van der Waals surface area contributed by atoms with Gasteiger partial charge in [0, 0.05) is 32.1 Å². The second-order valence-electron chi connectivity index (χ2n) is 6.05. The third-order valence-corrected chi connectivity index (χ3v) is 6.51. The highest BCUT2D eigenvalue weighted by atomic mass is 32.2. The molecular weight excluding hydrogens is 335 g/mol. The van der Waals surface area contributed by atoms with Crippen LogP contribution in [0, 0.1) is 11.7 Å². The summed E-state index contributed by atoms with van der Waals surface area (Å²) < 4.78 is 45.4. The zero-order valence-corrected chi connectivity index (χ0v) is 14.2. The number of piperidine rings is 1. The van der Waals surface area contributed by atoms with Crippen LogP contribution in [0.25, 0.3) is 0 Å². The van der Waals surface area contributed by atoms with Gasteiger partial charge in [0.05, 0.1) is 13.2 Å². The number of ether oxygens (including phenoxy) is 1. The first kappa shape index (κ1) is 17.3. The Balaban J connectivity index is 1.64. The molecule has 0 saturated carbocycles. The normalized spacial score (nSPS) is 21.0. The first-order valence-electron chi connectivity index (χ1n) is 8.11. The SMILES string of the molecule is O=C(C1CCN(S(=O)(=O)c2ccccc2F)CC1)N1CCOCC1. The summed E-state index contributed by atoms with van der Waals surface area (Å²) >= 11 is 0. The van der Waals surface area contributed by atoms with E-state index in [1.165, 1.54) is 22.5 Å². The van der Waals surface area contributed by atoms with Crippen LogP contribution in [-0.2, 0) is 19.6 Å². The van der Waals surface area contributed by atoms with Crippen molar-refractivity contribution in [1.29, 1.82) is 0 Å². The Hall–Kier alpha value is -1.51. The molecule has 0 aliphatic carbocycles. The van der Waals surface area contributed by atoms with Gasteiger partial charge in [0.1, 0.15) is 10.7 Å². The van der Waals surface area contributed by atoms with Crippen LogP contribution in [0.15, 0.2) is 29.2 Å². The number of sulfonamides is 1. The zero-order chi connectivity index (χ0) is 17.2. The van der Waals surface area contributed by atoms with Crippen LogP contribution < -0.4 is 0 Å². The summed E-state index contributed by atoms with van der Waals surface area (Å²) in [5.41, 5.74) is 0. The van der Waals surface area contributed by atoms with Crippen LogP contribution in [-0.4, -0.2) is 62.9 Å². The largest absolute Gasteiger partial charge is 0.378 e. The van der Waals surface area contributed by atoms with Crippen molar-refractivity contribution in [1.82, 2.24) is 9.21 Å². The first-order valence-corrected chi connectivity index (χ1v) is 9.55. The maximum absolute atomic E-state index is 13.8. The van der Waals surface area contributed by atoms with Crippen LogP contribution in [0.2, 0.25) is 0 Å². The van der Waals surface area contributed by atoms with Crippen molar-refractivity contribution in [2.24, 2.45) is 5.92 Å². The van der Waals surface area contributed by atoms with E-state index in [0.717, 1.165) is 6.07 Å². The maximum atomic E-state index is 13.8. The summed E-state index contributed by atoms with van der Waals surface area (Å²) in [5, 5.41) is 0. The molecule has 3 rings (SSSR count). The highest BCUT2D eigenvalue weighted by Crippen LogP contribution is 2.26. The molecule has 0 unspecified atom stereocenters. The molecule has 2 fully saturated rings. The fourth-order valence-corrected chi connectivity index (χ4v) is 4.71. The number of carbonyl (C=O) groups excluding carboxylic acids is 1. The Bertz CT molecular complexity index is 696. The molecule has 0 spiro atoms. The molecule has 2 aliphatic heterocycles. The number of rotatable bonds is 3. The van der Waals surface area contributed by atoms with Crippen LogP contribution in [0.4, 0.5) is 4.39 Å². The van der Waals surface area contributed by atoms with Gasteiger partial charge in [-0.3, -0.25) is 4.79 Å². The van der Waals surface area contributed by atoms with Gasteiger partial charge >= 0.3 is 0 Å². The quantitative estimate of drug-likeness (QED) is 0.813. The van der Waals surface area contributed by atoms with Crippen LogP contribution in [0.3, 0.4) is 0 Å². The molecule has 0 N–H and O–H groups in total. The summed E-state index contributed by atoms with van der Waals surface area (Å²) in [4.78, 5) is 14.0. The Morgan fingerprint density at radius 1 is 1.08 bits per heavy atom. The van der Waals surface area contributed by atoms with E-state index in [1.54, 1.807) is 4.90 Å². The number of hydrogen-bond acceptors (Lipinski definition) is 4. The minimum atomic E-state index is -3.85. The van der Waals surface area contributed by atoms with Gasteiger partial charge in [-0.15, -0.1) is 0 Å². The highest BCUT2D eigenvalue weighted by molar-refractivity contribution is 7.89. The number of benzene rings is 1. The minimum absolute atomic E-state index is 0.0706. The Morgan fingerprint density at radius 2 is 1.71 bits per heavy atom.